The van der Waals surface area contributed by atoms with Crippen LogP contribution in [0.3, 0.4) is 0 Å². The van der Waals surface area contributed by atoms with Crippen LogP contribution >= 0.6 is 11.8 Å². The van der Waals surface area contributed by atoms with Crippen molar-refractivity contribution in [3.63, 3.8) is 0 Å². The van der Waals surface area contributed by atoms with Gasteiger partial charge in [0.15, 0.2) is 0 Å². The molecule has 3 nitrogen and oxygen atoms in total. The predicted molar refractivity (Wildman–Crippen MR) is 144 cm³/mol. The van der Waals surface area contributed by atoms with E-state index in [0.29, 0.717) is 5.75 Å². The number of rotatable bonds is 8. The first kappa shape index (κ1) is 22.9. The van der Waals surface area contributed by atoms with E-state index in [1.165, 1.54) is 11.8 Å². The molecular weight excluding hydrogens is 448 g/mol. The van der Waals surface area contributed by atoms with Crippen molar-refractivity contribution in [2.75, 3.05) is 5.75 Å². The second-order valence-corrected chi connectivity index (χ2v) is 9.43. The Hall–Kier alpha value is -3.89. The number of thioether (sulfide) groups is 1. The third kappa shape index (κ3) is 4.58. The summed E-state index contributed by atoms with van der Waals surface area (Å²) in [5.41, 5.74) is 5.67. The van der Waals surface area contributed by atoms with Crippen LogP contribution in [0.25, 0.3) is 0 Å². The molecule has 5 rings (SSSR count). The SMILES string of the molecule is O=C(SCCc1c[nH]nc1C(c1ccccc1)(c1ccccc1)c1ccccc1)c1ccccc1. The topological polar surface area (TPSA) is 45.8 Å². The lowest BCUT2D eigenvalue weighted by atomic mass is 9.66. The molecule has 1 N–H and O–H groups in total. The molecule has 4 heteroatoms. The number of nitrogens with zero attached hydrogens (tertiary/aromatic N) is 1. The van der Waals surface area contributed by atoms with Gasteiger partial charge < -0.3 is 0 Å². The van der Waals surface area contributed by atoms with Gasteiger partial charge >= 0.3 is 0 Å². The molecule has 1 aromatic heterocycles. The number of carbonyl (C=O) groups excluding carboxylic acids is 1. The largest absolute Gasteiger partial charge is 0.285 e. The number of aromatic amines is 1. The lowest BCUT2D eigenvalue weighted by molar-refractivity contribution is 0.108. The molecule has 0 saturated heterocycles. The van der Waals surface area contributed by atoms with Crippen molar-refractivity contribution in [1.82, 2.24) is 10.2 Å². The van der Waals surface area contributed by atoms with Crippen LogP contribution in [-0.2, 0) is 11.8 Å². The Kier molecular flexibility index (Phi) is 6.92. The van der Waals surface area contributed by atoms with E-state index in [-0.39, 0.29) is 5.12 Å². The fourth-order valence-electron chi connectivity index (χ4n) is 4.72. The van der Waals surface area contributed by atoms with Gasteiger partial charge in [-0.1, -0.05) is 133 Å². The van der Waals surface area contributed by atoms with Crippen molar-refractivity contribution in [2.45, 2.75) is 11.8 Å². The van der Waals surface area contributed by atoms with Crippen LogP contribution in [0, 0.1) is 0 Å². The Balaban J connectivity index is 1.58. The van der Waals surface area contributed by atoms with Gasteiger partial charge in [-0.05, 0) is 28.7 Å². The molecule has 0 spiro atoms. The van der Waals surface area contributed by atoms with Gasteiger partial charge in [0.05, 0.1) is 11.1 Å². The van der Waals surface area contributed by atoms with Gasteiger partial charge in [0.25, 0.3) is 0 Å². The molecule has 1 heterocycles. The zero-order valence-electron chi connectivity index (χ0n) is 19.3. The number of benzene rings is 4. The summed E-state index contributed by atoms with van der Waals surface area (Å²) in [5.74, 6) is 0.675. The Bertz CT molecular complexity index is 1270. The predicted octanol–water partition coefficient (Wildman–Crippen LogP) is 6.91. The summed E-state index contributed by atoms with van der Waals surface area (Å²) in [6, 6.07) is 41.1. The van der Waals surface area contributed by atoms with E-state index in [1.807, 2.05) is 54.7 Å². The van der Waals surface area contributed by atoms with Gasteiger partial charge in [-0.2, -0.15) is 5.10 Å². The smallest absolute Gasteiger partial charge is 0.219 e. The molecular formula is C31H26N2OS. The van der Waals surface area contributed by atoms with Gasteiger partial charge in [-0.15, -0.1) is 0 Å². The summed E-state index contributed by atoms with van der Waals surface area (Å²) in [6.45, 7) is 0. The lowest BCUT2D eigenvalue weighted by Gasteiger charge is -2.35. The van der Waals surface area contributed by atoms with Gasteiger partial charge in [-0.3, -0.25) is 9.89 Å². The van der Waals surface area contributed by atoms with Gasteiger partial charge in [0.2, 0.25) is 5.12 Å². The maximum atomic E-state index is 12.7. The first-order chi connectivity index (χ1) is 17.3. The molecule has 0 aliphatic rings. The van der Waals surface area contributed by atoms with Crippen molar-refractivity contribution in [3.8, 4) is 0 Å². The van der Waals surface area contributed by atoms with Crippen LogP contribution in [0.2, 0.25) is 0 Å². The van der Waals surface area contributed by atoms with E-state index in [1.54, 1.807) is 0 Å². The van der Waals surface area contributed by atoms with E-state index < -0.39 is 5.41 Å². The lowest BCUT2D eigenvalue weighted by Crippen LogP contribution is -2.32. The van der Waals surface area contributed by atoms with Crippen LogP contribution in [0.15, 0.2) is 128 Å². The number of nitrogens with one attached hydrogen (secondary N) is 1. The highest BCUT2D eigenvalue weighted by molar-refractivity contribution is 8.14. The summed E-state index contributed by atoms with van der Waals surface area (Å²) in [6.07, 6.45) is 2.70. The number of hydrogen-bond acceptors (Lipinski definition) is 3. The van der Waals surface area contributed by atoms with Crippen LogP contribution < -0.4 is 0 Å². The number of hydrogen-bond donors (Lipinski definition) is 1. The van der Waals surface area contributed by atoms with Crippen LogP contribution in [0.4, 0.5) is 0 Å². The average molecular weight is 475 g/mol. The third-order valence-corrected chi connectivity index (χ3v) is 7.22. The van der Waals surface area contributed by atoms with E-state index in [4.69, 9.17) is 5.10 Å². The Labute approximate surface area is 210 Å². The highest BCUT2D eigenvalue weighted by Gasteiger charge is 2.41. The van der Waals surface area contributed by atoms with Crippen molar-refractivity contribution in [2.24, 2.45) is 0 Å². The summed E-state index contributed by atoms with van der Waals surface area (Å²) in [4.78, 5) is 12.7. The number of aromatic nitrogens is 2. The number of aryl methyl sites for hydroxylation is 1. The highest BCUT2D eigenvalue weighted by atomic mass is 32.2. The van der Waals surface area contributed by atoms with Crippen LogP contribution in [-0.4, -0.2) is 21.1 Å². The molecule has 0 unspecified atom stereocenters. The molecule has 0 radical (unpaired) electrons. The highest BCUT2D eigenvalue weighted by Crippen LogP contribution is 2.45. The molecule has 35 heavy (non-hydrogen) atoms. The second kappa shape index (κ2) is 10.6. The van der Waals surface area contributed by atoms with Crippen molar-refractivity contribution >= 4 is 16.9 Å². The molecule has 0 aliphatic carbocycles. The minimum atomic E-state index is -0.590. The van der Waals surface area contributed by atoms with E-state index in [0.717, 1.165) is 39.9 Å². The van der Waals surface area contributed by atoms with E-state index >= 15 is 0 Å². The summed E-state index contributed by atoms with van der Waals surface area (Å²) >= 11 is 1.35. The molecule has 5 aromatic rings. The summed E-state index contributed by atoms with van der Waals surface area (Å²) in [7, 11) is 0. The molecule has 0 fully saturated rings. The maximum Gasteiger partial charge on any atom is 0.219 e. The Morgan fingerprint density at radius 2 is 1.14 bits per heavy atom. The molecule has 0 amide bonds. The minimum absolute atomic E-state index is 0.0936. The third-order valence-electron chi connectivity index (χ3n) is 6.31. The van der Waals surface area contributed by atoms with Gasteiger partial charge in [-0.25, -0.2) is 0 Å². The van der Waals surface area contributed by atoms with Crippen LogP contribution in [0.5, 0.6) is 0 Å². The average Bonchev–Trinajstić information content (AvgIpc) is 3.40. The van der Waals surface area contributed by atoms with Crippen molar-refractivity contribution in [1.29, 1.82) is 0 Å². The summed E-state index contributed by atoms with van der Waals surface area (Å²) < 4.78 is 0. The summed E-state index contributed by atoms with van der Waals surface area (Å²) in [5, 5.41) is 8.09. The normalized spacial score (nSPS) is 11.3. The fourth-order valence-corrected chi connectivity index (χ4v) is 5.53. The van der Waals surface area contributed by atoms with Crippen LogP contribution in [0.1, 0.15) is 38.3 Å². The Morgan fingerprint density at radius 3 is 1.63 bits per heavy atom. The quantitative estimate of drug-likeness (QED) is 0.249. The van der Waals surface area contributed by atoms with E-state index in [2.05, 4.69) is 77.9 Å². The van der Waals surface area contributed by atoms with Gasteiger partial charge in [0, 0.05) is 17.5 Å². The molecule has 172 valence electrons. The second-order valence-electron chi connectivity index (χ2n) is 8.36. The van der Waals surface area contributed by atoms with Crippen molar-refractivity contribution in [3.05, 3.63) is 161 Å². The Morgan fingerprint density at radius 1 is 0.686 bits per heavy atom. The molecule has 0 atom stereocenters. The fraction of sp³-hybridized carbons (Fsp3) is 0.0968. The minimum Gasteiger partial charge on any atom is -0.285 e. The molecule has 0 saturated carbocycles. The maximum absolute atomic E-state index is 12.7. The molecule has 0 aliphatic heterocycles. The van der Waals surface area contributed by atoms with Gasteiger partial charge in [0.1, 0.15) is 0 Å². The monoisotopic (exact) mass is 474 g/mol. The number of H-pyrrole nitrogens is 1. The zero-order valence-corrected chi connectivity index (χ0v) is 20.1. The first-order valence-corrected chi connectivity index (χ1v) is 12.7. The molecule has 0 bridgehead atoms. The zero-order chi connectivity index (χ0) is 23.9. The first-order valence-electron chi connectivity index (χ1n) is 11.7. The molecule has 4 aromatic carbocycles. The van der Waals surface area contributed by atoms with Crippen molar-refractivity contribution < 1.29 is 4.79 Å². The van der Waals surface area contributed by atoms with E-state index in [9.17, 15) is 4.79 Å². The number of carbonyl (C=O) groups is 1. The standard InChI is InChI=1S/C31H26N2OS/c34-30(24-13-5-1-6-14-24)35-22-21-25-23-32-33-29(25)31(26-15-7-2-8-16-26,27-17-9-3-10-18-27)28-19-11-4-12-20-28/h1-20,23H,21-22H2,(H,32,33).